The number of hydrogen-bond donors (Lipinski definition) is 6. The Labute approximate surface area is 408 Å². The summed E-state index contributed by atoms with van der Waals surface area (Å²) >= 11 is 0. The topological polar surface area (TPSA) is 149 Å². The summed E-state index contributed by atoms with van der Waals surface area (Å²) in [6.07, 6.45) is 49.9. The van der Waals surface area contributed by atoms with Gasteiger partial charge in [0.2, 0.25) is 5.91 Å². The zero-order chi connectivity index (χ0) is 48.0. The first-order chi connectivity index (χ1) is 32.3. The summed E-state index contributed by atoms with van der Waals surface area (Å²) in [4.78, 5) is 13.1. The molecule has 66 heavy (non-hydrogen) atoms. The van der Waals surface area contributed by atoms with E-state index in [4.69, 9.17) is 9.47 Å². The van der Waals surface area contributed by atoms with Crippen LogP contribution in [-0.4, -0.2) is 87.5 Å². The fraction of sp³-hybridized carbons (Fsp3) is 0.982. The van der Waals surface area contributed by atoms with Crippen molar-refractivity contribution in [3.05, 3.63) is 0 Å². The molecule has 6 N–H and O–H groups in total. The monoisotopic (exact) mass is 940 g/mol. The molecular formula is C57H113NO8. The average Bonchev–Trinajstić information content (AvgIpc) is 3.32. The van der Waals surface area contributed by atoms with Crippen LogP contribution < -0.4 is 5.32 Å². The van der Waals surface area contributed by atoms with Crippen LogP contribution in [0.15, 0.2) is 0 Å². The van der Waals surface area contributed by atoms with Gasteiger partial charge in [-0.3, -0.25) is 4.79 Å². The van der Waals surface area contributed by atoms with E-state index >= 15 is 0 Å². The van der Waals surface area contributed by atoms with Gasteiger partial charge < -0.3 is 40.3 Å². The maximum absolute atomic E-state index is 13.1. The first-order valence-electron chi connectivity index (χ1n) is 29.2. The molecule has 0 bridgehead atoms. The third kappa shape index (κ3) is 37.1. The second-order valence-corrected chi connectivity index (χ2v) is 20.8. The largest absolute Gasteiger partial charge is 0.394 e. The van der Waals surface area contributed by atoms with Crippen molar-refractivity contribution >= 4 is 5.91 Å². The number of rotatable bonds is 51. The number of unbranched alkanes of at least 4 members (excludes halogenated alkanes) is 41. The molecule has 1 amide bonds. The van der Waals surface area contributed by atoms with Crippen LogP contribution in [0.5, 0.6) is 0 Å². The highest BCUT2D eigenvalue weighted by molar-refractivity contribution is 5.76. The zero-order valence-electron chi connectivity index (χ0n) is 43.7. The van der Waals surface area contributed by atoms with E-state index in [1.54, 1.807) is 0 Å². The molecule has 1 fully saturated rings. The van der Waals surface area contributed by atoms with Crippen LogP contribution in [0.25, 0.3) is 0 Å². The Morgan fingerprint density at radius 3 is 1.08 bits per heavy atom. The van der Waals surface area contributed by atoms with Gasteiger partial charge in [-0.15, -0.1) is 0 Å². The summed E-state index contributed by atoms with van der Waals surface area (Å²) in [5.41, 5.74) is 0. The molecule has 1 aliphatic rings. The van der Waals surface area contributed by atoms with Gasteiger partial charge in [0.25, 0.3) is 0 Å². The van der Waals surface area contributed by atoms with Gasteiger partial charge in [0.1, 0.15) is 24.4 Å². The zero-order valence-corrected chi connectivity index (χ0v) is 43.7. The number of carbonyl (C=O) groups excluding carboxylic acids is 1. The van der Waals surface area contributed by atoms with E-state index in [1.807, 2.05) is 0 Å². The molecule has 1 aliphatic heterocycles. The van der Waals surface area contributed by atoms with Gasteiger partial charge in [-0.25, -0.2) is 0 Å². The van der Waals surface area contributed by atoms with Gasteiger partial charge in [-0.1, -0.05) is 284 Å². The van der Waals surface area contributed by atoms with E-state index in [0.717, 1.165) is 38.5 Å². The first-order valence-corrected chi connectivity index (χ1v) is 29.2. The number of carbonyl (C=O) groups is 1. The number of amides is 1. The lowest BCUT2D eigenvalue weighted by Gasteiger charge is -2.40. The first kappa shape index (κ1) is 63.2. The van der Waals surface area contributed by atoms with E-state index in [1.165, 1.54) is 238 Å². The van der Waals surface area contributed by atoms with Crippen LogP contribution in [0.3, 0.4) is 0 Å². The second-order valence-electron chi connectivity index (χ2n) is 20.8. The van der Waals surface area contributed by atoms with Crippen molar-refractivity contribution in [2.45, 2.75) is 346 Å². The third-order valence-corrected chi connectivity index (χ3v) is 14.5. The van der Waals surface area contributed by atoms with Crippen LogP contribution in [0.1, 0.15) is 303 Å². The van der Waals surface area contributed by atoms with Crippen molar-refractivity contribution in [1.29, 1.82) is 0 Å². The van der Waals surface area contributed by atoms with Crippen LogP contribution in [0.4, 0.5) is 0 Å². The predicted octanol–water partition coefficient (Wildman–Crippen LogP) is 14.2. The third-order valence-electron chi connectivity index (χ3n) is 14.5. The van der Waals surface area contributed by atoms with Crippen LogP contribution in [-0.2, 0) is 14.3 Å². The van der Waals surface area contributed by atoms with E-state index in [0.29, 0.717) is 12.8 Å². The Hall–Kier alpha value is -0.810. The Balaban J connectivity index is 2.16. The molecule has 0 aromatic carbocycles. The summed E-state index contributed by atoms with van der Waals surface area (Å²) in [5, 5.41) is 54.7. The number of nitrogens with one attached hydrogen (secondary N) is 1. The molecule has 2 unspecified atom stereocenters. The summed E-state index contributed by atoms with van der Waals surface area (Å²) in [6, 6.07) is -0.713. The predicted molar refractivity (Wildman–Crippen MR) is 277 cm³/mol. The maximum Gasteiger partial charge on any atom is 0.220 e. The van der Waals surface area contributed by atoms with Gasteiger partial charge in [0.05, 0.1) is 25.4 Å². The van der Waals surface area contributed by atoms with E-state index in [9.17, 15) is 30.3 Å². The highest BCUT2D eigenvalue weighted by atomic mass is 16.7. The van der Waals surface area contributed by atoms with Crippen LogP contribution >= 0.6 is 0 Å². The Bertz CT molecular complexity index is 1000. The van der Waals surface area contributed by atoms with Crippen molar-refractivity contribution in [3.63, 3.8) is 0 Å². The molecule has 0 aliphatic carbocycles. The Kier molecular flexibility index (Phi) is 45.8. The van der Waals surface area contributed by atoms with E-state index in [2.05, 4.69) is 19.2 Å². The van der Waals surface area contributed by atoms with E-state index < -0.39 is 49.5 Å². The van der Waals surface area contributed by atoms with Gasteiger partial charge in [0, 0.05) is 6.42 Å². The Morgan fingerprint density at radius 2 is 0.758 bits per heavy atom. The molecule has 7 atom stereocenters. The highest BCUT2D eigenvalue weighted by Crippen LogP contribution is 2.23. The minimum atomic E-state index is -1.55. The molecule has 394 valence electrons. The summed E-state index contributed by atoms with van der Waals surface area (Å²) < 4.78 is 11.3. The second kappa shape index (κ2) is 47.8. The fourth-order valence-corrected chi connectivity index (χ4v) is 9.81. The standard InChI is InChI=1S/C57H113NO8/c1-3-5-7-9-11-13-15-17-19-21-22-23-24-25-26-27-28-29-31-33-35-37-39-41-43-45-47-53(61)58-50(49-65-57-56(64)55(63)54(62)52(48-59)66-57)51(60)46-44-42-40-38-36-34-32-30-20-18-16-14-12-10-8-6-4-2/h50-52,54-57,59-60,62-64H,3-49H2,1-2H3,(H,58,61)/t50-,51+,52+,54+,55?,56?,57+/m0/s1. The lowest BCUT2D eigenvalue weighted by Crippen LogP contribution is -2.60. The van der Waals surface area contributed by atoms with Crippen LogP contribution in [0.2, 0.25) is 0 Å². The molecule has 9 nitrogen and oxygen atoms in total. The average molecular weight is 941 g/mol. The molecule has 1 saturated heterocycles. The molecule has 0 saturated carbocycles. The molecular weight excluding hydrogens is 827 g/mol. The summed E-state index contributed by atoms with van der Waals surface area (Å²) in [6.45, 7) is 3.88. The number of aliphatic hydroxyl groups excluding tert-OH is 5. The number of hydrogen-bond acceptors (Lipinski definition) is 8. The van der Waals surface area contributed by atoms with Crippen LogP contribution in [0, 0.1) is 0 Å². The molecule has 1 rings (SSSR count). The van der Waals surface area contributed by atoms with Crippen molar-refractivity contribution in [2.24, 2.45) is 0 Å². The van der Waals surface area contributed by atoms with E-state index in [-0.39, 0.29) is 12.5 Å². The molecule has 0 spiro atoms. The molecule has 9 heteroatoms. The lowest BCUT2D eigenvalue weighted by molar-refractivity contribution is -0.302. The smallest absolute Gasteiger partial charge is 0.220 e. The normalized spacial score (nSPS) is 19.7. The summed E-state index contributed by atoms with van der Waals surface area (Å²) in [5.74, 6) is -0.136. The van der Waals surface area contributed by atoms with Crippen molar-refractivity contribution in [2.75, 3.05) is 13.2 Å². The molecule has 0 aromatic rings. The highest BCUT2D eigenvalue weighted by Gasteiger charge is 2.44. The van der Waals surface area contributed by atoms with Gasteiger partial charge in [-0.2, -0.15) is 0 Å². The maximum atomic E-state index is 13.1. The van der Waals surface area contributed by atoms with Crippen molar-refractivity contribution in [3.8, 4) is 0 Å². The molecule has 0 radical (unpaired) electrons. The number of ether oxygens (including phenoxy) is 2. The Morgan fingerprint density at radius 1 is 0.455 bits per heavy atom. The van der Waals surface area contributed by atoms with Crippen molar-refractivity contribution < 1.29 is 39.8 Å². The minimum Gasteiger partial charge on any atom is -0.394 e. The fourth-order valence-electron chi connectivity index (χ4n) is 9.81. The molecule has 1 heterocycles. The minimum absolute atomic E-state index is 0.131. The number of aliphatic hydroxyl groups is 5. The quantitative estimate of drug-likeness (QED) is 0.0330. The van der Waals surface area contributed by atoms with Gasteiger partial charge >= 0.3 is 0 Å². The lowest BCUT2D eigenvalue weighted by atomic mass is 9.99. The van der Waals surface area contributed by atoms with Gasteiger partial charge in [-0.05, 0) is 12.8 Å². The van der Waals surface area contributed by atoms with Crippen molar-refractivity contribution in [1.82, 2.24) is 5.32 Å². The summed E-state index contributed by atoms with van der Waals surface area (Å²) in [7, 11) is 0. The SMILES string of the molecule is CCCCCCCCCCCCCCCCCCCCCCCCCCCCC(=O)N[C@@H](CO[C@@H]1O[C@H](CO)[C@@H](O)C(O)C1O)[C@H](O)CCCCCCCCCCCCCCCCCCC. The molecule has 0 aromatic heterocycles. The van der Waals surface area contributed by atoms with Gasteiger partial charge in [0.15, 0.2) is 6.29 Å².